The van der Waals surface area contributed by atoms with E-state index in [1.807, 2.05) is 0 Å². The average Bonchev–Trinajstić information content (AvgIpc) is 2.71. The second-order valence-electron chi connectivity index (χ2n) is 3.92. The molecule has 0 spiro atoms. The summed E-state index contributed by atoms with van der Waals surface area (Å²) in [6.07, 6.45) is 1.49. The van der Waals surface area contributed by atoms with Crippen LogP contribution in [0, 0.1) is 0 Å². The molecule has 0 amide bonds. The summed E-state index contributed by atoms with van der Waals surface area (Å²) < 4.78 is 5.45. The monoisotopic (exact) mass is 240 g/mol. The van der Waals surface area contributed by atoms with Crippen molar-refractivity contribution >= 4 is 17.6 Å². The van der Waals surface area contributed by atoms with Crippen LogP contribution in [0.4, 0.5) is 0 Å². The third kappa shape index (κ3) is 2.36. The van der Waals surface area contributed by atoms with E-state index in [-0.39, 0.29) is 6.10 Å². The molecule has 1 saturated heterocycles. The van der Waals surface area contributed by atoms with Crippen molar-refractivity contribution in [3.05, 3.63) is 34.9 Å². The lowest BCUT2D eigenvalue weighted by Gasteiger charge is -2.19. The second kappa shape index (κ2) is 4.85. The zero-order valence-electron chi connectivity index (χ0n) is 8.73. The van der Waals surface area contributed by atoms with Gasteiger partial charge in [-0.2, -0.15) is 0 Å². The number of benzene rings is 1. The fourth-order valence-electron chi connectivity index (χ4n) is 2.08. The van der Waals surface area contributed by atoms with E-state index < -0.39 is 11.9 Å². The fraction of sp³-hybridized carbons (Fsp3) is 0.417. The molecular weight excluding hydrogens is 228 g/mol. The zero-order valence-corrected chi connectivity index (χ0v) is 9.48. The minimum Gasteiger partial charge on any atom is -0.481 e. The number of carboxylic acids is 1. The van der Waals surface area contributed by atoms with E-state index in [4.69, 9.17) is 16.3 Å². The van der Waals surface area contributed by atoms with Gasteiger partial charge in [0.2, 0.25) is 0 Å². The molecule has 2 rings (SSSR count). The van der Waals surface area contributed by atoms with E-state index in [1.165, 1.54) is 0 Å². The van der Waals surface area contributed by atoms with Gasteiger partial charge in [0, 0.05) is 11.6 Å². The highest BCUT2D eigenvalue weighted by Gasteiger charge is 2.32. The van der Waals surface area contributed by atoms with E-state index >= 15 is 0 Å². The third-order valence-corrected chi connectivity index (χ3v) is 3.05. The Morgan fingerprint density at radius 1 is 1.56 bits per heavy atom. The minimum atomic E-state index is -0.853. The lowest BCUT2D eigenvalue weighted by atomic mass is 9.92. The largest absolute Gasteiger partial charge is 0.481 e. The molecule has 1 aliphatic heterocycles. The Hall–Kier alpha value is -1.06. The summed E-state index contributed by atoms with van der Waals surface area (Å²) in [4.78, 5) is 11.3. The van der Waals surface area contributed by atoms with Crippen LogP contribution >= 0.6 is 11.6 Å². The highest BCUT2D eigenvalue weighted by Crippen LogP contribution is 2.30. The number of aliphatic carboxylic acids is 1. The SMILES string of the molecule is O=C(O)C(c1cccc(Cl)c1)C1CCCO1. The van der Waals surface area contributed by atoms with Crippen molar-refractivity contribution in [1.29, 1.82) is 0 Å². The van der Waals surface area contributed by atoms with Crippen molar-refractivity contribution in [2.45, 2.75) is 24.9 Å². The second-order valence-corrected chi connectivity index (χ2v) is 4.36. The predicted octanol–water partition coefficient (Wildman–Crippen LogP) is 2.69. The first kappa shape index (κ1) is 11.4. The number of hydrogen-bond donors (Lipinski definition) is 1. The normalized spacial score (nSPS) is 21.9. The molecule has 1 aromatic carbocycles. The minimum absolute atomic E-state index is 0.226. The molecule has 2 atom stereocenters. The summed E-state index contributed by atoms with van der Waals surface area (Å²) in [5, 5.41) is 9.81. The Kier molecular flexibility index (Phi) is 3.46. The molecule has 86 valence electrons. The number of ether oxygens (including phenoxy) is 1. The van der Waals surface area contributed by atoms with Gasteiger partial charge in [-0.1, -0.05) is 23.7 Å². The van der Waals surface area contributed by atoms with E-state index in [0.717, 1.165) is 12.8 Å². The quantitative estimate of drug-likeness (QED) is 0.884. The first-order valence-electron chi connectivity index (χ1n) is 5.28. The van der Waals surface area contributed by atoms with Gasteiger partial charge in [0.15, 0.2) is 0 Å². The summed E-state index contributed by atoms with van der Waals surface area (Å²) in [5.74, 6) is -1.46. The molecule has 3 nitrogen and oxygen atoms in total. The van der Waals surface area contributed by atoms with Gasteiger partial charge in [-0.3, -0.25) is 4.79 Å². The average molecular weight is 241 g/mol. The van der Waals surface area contributed by atoms with Gasteiger partial charge < -0.3 is 9.84 Å². The van der Waals surface area contributed by atoms with Crippen molar-refractivity contribution in [3.63, 3.8) is 0 Å². The predicted molar refractivity (Wildman–Crippen MR) is 60.8 cm³/mol. The topological polar surface area (TPSA) is 46.5 Å². The van der Waals surface area contributed by atoms with Crippen LogP contribution in [0.2, 0.25) is 5.02 Å². The number of rotatable bonds is 3. The van der Waals surface area contributed by atoms with Gasteiger partial charge in [0.1, 0.15) is 5.92 Å². The highest BCUT2D eigenvalue weighted by molar-refractivity contribution is 6.30. The van der Waals surface area contributed by atoms with Crippen molar-refractivity contribution in [1.82, 2.24) is 0 Å². The van der Waals surface area contributed by atoms with Crippen molar-refractivity contribution in [3.8, 4) is 0 Å². The highest BCUT2D eigenvalue weighted by atomic mass is 35.5. The summed E-state index contributed by atoms with van der Waals surface area (Å²) in [6, 6.07) is 6.98. The molecule has 2 unspecified atom stereocenters. The molecule has 0 saturated carbocycles. The molecule has 4 heteroatoms. The van der Waals surface area contributed by atoms with E-state index in [1.54, 1.807) is 24.3 Å². The number of carbonyl (C=O) groups is 1. The van der Waals surface area contributed by atoms with Gasteiger partial charge >= 0.3 is 5.97 Å². The zero-order chi connectivity index (χ0) is 11.5. The van der Waals surface area contributed by atoms with E-state index in [2.05, 4.69) is 0 Å². The van der Waals surface area contributed by atoms with Gasteiger partial charge in [0.25, 0.3) is 0 Å². The molecule has 0 aliphatic carbocycles. The summed E-state index contributed by atoms with van der Waals surface area (Å²) in [6.45, 7) is 0.648. The van der Waals surface area contributed by atoms with Crippen LogP contribution in [-0.4, -0.2) is 23.8 Å². The molecule has 1 aromatic rings. The lowest BCUT2D eigenvalue weighted by molar-refractivity contribution is -0.141. The van der Waals surface area contributed by atoms with Crippen LogP contribution in [0.1, 0.15) is 24.3 Å². The van der Waals surface area contributed by atoms with Crippen LogP contribution in [0.15, 0.2) is 24.3 Å². The van der Waals surface area contributed by atoms with Crippen LogP contribution in [0.5, 0.6) is 0 Å². The lowest BCUT2D eigenvalue weighted by Crippen LogP contribution is -2.25. The summed E-state index contributed by atoms with van der Waals surface area (Å²) in [7, 11) is 0. The Morgan fingerprint density at radius 2 is 2.38 bits per heavy atom. The van der Waals surface area contributed by atoms with Gasteiger partial charge in [-0.15, -0.1) is 0 Å². The maximum Gasteiger partial charge on any atom is 0.313 e. The maximum atomic E-state index is 11.3. The first-order valence-corrected chi connectivity index (χ1v) is 5.66. The number of carboxylic acid groups (broad SMARTS) is 1. The van der Waals surface area contributed by atoms with Crippen LogP contribution in [0.3, 0.4) is 0 Å². The number of halogens is 1. The standard InChI is InChI=1S/C12H13ClO3/c13-9-4-1-3-8(7-9)11(12(14)15)10-5-2-6-16-10/h1,3-4,7,10-11H,2,5-6H2,(H,14,15). The summed E-state index contributed by atoms with van der Waals surface area (Å²) >= 11 is 5.87. The smallest absolute Gasteiger partial charge is 0.313 e. The van der Waals surface area contributed by atoms with E-state index in [0.29, 0.717) is 17.2 Å². The number of hydrogen-bond acceptors (Lipinski definition) is 2. The maximum absolute atomic E-state index is 11.3. The van der Waals surface area contributed by atoms with Gasteiger partial charge in [0.05, 0.1) is 6.10 Å². The Labute approximate surface area is 99.0 Å². The molecule has 0 radical (unpaired) electrons. The summed E-state index contributed by atoms with van der Waals surface area (Å²) in [5.41, 5.74) is 0.715. The van der Waals surface area contributed by atoms with Gasteiger partial charge in [-0.25, -0.2) is 0 Å². The van der Waals surface area contributed by atoms with E-state index in [9.17, 15) is 9.90 Å². The van der Waals surface area contributed by atoms with Crippen molar-refractivity contribution in [2.24, 2.45) is 0 Å². The Morgan fingerprint density at radius 3 is 2.94 bits per heavy atom. The molecule has 1 heterocycles. The van der Waals surface area contributed by atoms with Crippen molar-refractivity contribution in [2.75, 3.05) is 6.61 Å². The molecule has 1 fully saturated rings. The third-order valence-electron chi connectivity index (χ3n) is 2.81. The van der Waals surface area contributed by atoms with Gasteiger partial charge in [-0.05, 0) is 30.5 Å². The Bertz CT molecular complexity index is 386. The first-order chi connectivity index (χ1) is 7.68. The molecule has 0 aromatic heterocycles. The molecule has 1 aliphatic rings. The van der Waals surface area contributed by atoms with Crippen LogP contribution in [-0.2, 0) is 9.53 Å². The Balaban J connectivity index is 2.28. The van der Waals surface area contributed by atoms with Crippen LogP contribution < -0.4 is 0 Å². The molecular formula is C12H13ClO3. The molecule has 16 heavy (non-hydrogen) atoms. The molecule has 0 bridgehead atoms. The molecule has 1 N–H and O–H groups in total. The fourth-order valence-corrected chi connectivity index (χ4v) is 2.28. The van der Waals surface area contributed by atoms with Crippen molar-refractivity contribution < 1.29 is 14.6 Å². The van der Waals surface area contributed by atoms with Crippen LogP contribution in [0.25, 0.3) is 0 Å².